The van der Waals surface area contributed by atoms with Crippen LogP contribution in [-0.4, -0.2) is 21.8 Å². The Morgan fingerprint density at radius 1 is 1.07 bits per heavy atom. The standard InChI is InChI=1S/C23H18N4O2S/c28-23(26-15-4-2-1-3-5-15)22-21(18-10-11-24-13-20(18)30-22)25-16-7-8-17-14(12-16)6-9-19(17)27-29/h1-5,7-8,10-13,25,29H,6,9H2,(H,26,28). The van der Waals surface area contributed by atoms with Gasteiger partial charge in [0.1, 0.15) is 4.88 Å². The lowest BCUT2D eigenvalue weighted by atomic mass is 10.1. The van der Waals surface area contributed by atoms with Gasteiger partial charge >= 0.3 is 0 Å². The lowest BCUT2D eigenvalue weighted by molar-refractivity contribution is 0.103. The third-order valence-electron chi connectivity index (χ3n) is 5.17. The van der Waals surface area contributed by atoms with Crippen LogP contribution < -0.4 is 10.6 Å². The molecule has 0 radical (unpaired) electrons. The summed E-state index contributed by atoms with van der Waals surface area (Å²) in [5.41, 5.74) is 5.22. The first-order chi connectivity index (χ1) is 14.7. The summed E-state index contributed by atoms with van der Waals surface area (Å²) in [6.45, 7) is 0. The number of anilines is 3. The molecule has 6 nitrogen and oxygen atoms in total. The Kier molecular flexibility index (Phi) is 4.65. The number of amides is 1. The topological polar surface area (TPSA) is 86.6 Å². The van der Waals surface area contributed by atoms with Gasteiger partial charge in [0.15, 0.2) is 0 Å². The van der Waals surface area contributed by atoms with Gasteiger partial charge < -0.3 is 15.8 Å². The molecule has 2 aromatic heterocycles. The molecule has 0 bridgehead atoms. The summed E-state index contributed by atoms with van der Waals surface area (Å²) in [7, 11) is 0. The van der Waals surface area contributed by atoms with Crippen molar-refractivity contribution >= 4 is 50.1 Å². The highest BCUT2D eigenvalue weighted by atomic mass is 32.1. The molecular formula is C23H18N4O2S. The Balaban J connectivity index is 1.52. The van der Waals surface area contributed by atoms with Crippen LogP contribution in [-0.2, 0) is 6.42 Å². The van der Waals surface area contributed by atoms with E-state index in [0.717, 1.165) is 51.1 Å². The van der Waals surface area contributed by atoms with Crippen molar-refractivity contribution in [1.82, 2.24) is 4.98 Å². The van der Waals surface area contributed by atoms with Crippen LogP contribution in [0.1, 0.15) is 27.2 Å². The molecule has 2 heterocycles. The van der Waals surface area contributed by atoms with Gasteiger partial charge in [0.25, 0.3) is 5.91 Å². The zero-order chi connectivity index (χ0) is 20.5. The van der Waals surface area contributed by atoms with E-state index in [1.165, 1.54) is 11.3 Å². The van der Waals surface area contributed by atoms with Gasteiger partial charge in [-0.15, -0.1) is 11.3 Å². The smallest absolute Gasteiger partial charge is 0.267 e. The van der Waals surface area contributed by atoms with E-state index < -0.39 is 0 Å². The van der Waals surface area contributed by atoms with Gasteiger partial charge in [-0.3, -0.25) is 9.78 Å². The number of nitrogens with one attached hydrogen (secondary N) is 2. The zero-order valence-electron chi connectivity index (χ0n) is 15.9. The zero-order valence-corrected chi connectivity index (χ0v) is 16.7. The summed E-state index contributed by atoms with van der Waals surface area (Å²) in [6.07, 6.45) is 5.07. The maximum absolute atomic E-state index is 13.1. The monoisotopic (exact) mass is 414 g/mol. The van der Waals surface area contributed by atoms with Gasteiger partial charge in [0, 0.05) is 34.7 Å². The van der Waals surface area contributed by atoms with E-state index in [9.17, 15) is 4.79 Å². The summed E-state index contributed by atoms with van der Waals surface area (Å²) in [5.74, 6) is -0.166. The number of nitrogens with zero attached hydrogens (tertiary/aromatic N) is 2. The highest BCUT2D eigenvalue weighted by Gasteiger charge is 2.21. The molecule has 0 unspecified atom stereocenters. The summed E-state index contributed by atoms with van der Waals surface area (Å²) in [4.78, 5) is 17.9. The summed E-state index contributed by atoms with van der Waals surface area (Å²) in [5, 5.41) is 19.9. The number of aromatic nitrogens is 1. The average Bonchev–Trinajstić information content (AvgIpc) is 3.36. The normalized spacial score (nSPS) is 14.1. The number of carbonyl (C=O) groups excluding carboxylic acids is 1. The van der Waals surface area contributed by atoms with Crippen LogP contribution in [0.4, 0.5) is 17.1 Å². The van der Waals surface area contributed by atoms with Gasteiger partial charge in [0.05, 0.1) is 16.1 Å². The lowest BCUT2D eigenvalue weighted by Gasteiger charge is -2.11. The van der Waals surface area contributed by atoms with Gasteiger partial charge in [-0.25, -0.2) is 0 Å². The first kappa shape index (κ1) is 18.3. The number of benzene rings is 2. The molecule has 0 atom stereocenters. The number of carbonyl (C=O) groups is 1. The second kappa shape index (κ2) is 7.61. The maximum Gasteiger partial charge on any atom is 0.267 e. The number of thiophene rings is 1. The fourth-order valence-corrected chi connectivity index (χ4v) is 4.76. The molecule has 1 aliphatic rings. The first-order valence-electron chi connectivity index (χ1n) is 9.57. The number of oxime groups is 1. The van der Waals surface area contributed by atoms with Crippen molar-refractivity contribution < 1.29 is 10.0 Å². The van der Waals surface area contributed by atoms with Crippen LogP contribution in [0.3, 0.4) is 0 Å². The van der Waals surface area contributed by atoms with Gasteiger partial charge in [-0.05, 0) is 48.7 Å². The highest BCUT2D eigenvalue weighted by molar-refractivity contribution is 7.21. The molecule has 30 heavy (non-hydrogen) atoms. The van der Waals surface area contributed by atoms with Crippen molar-refractivity contribution in [2.45, 2.75) is 12.8 Å². The molecule has 0 fully saturated rings. The van der Waals surface area contributed by atoms with E-state index in [2.05, 4.69) is 26.8 Å². The molecule has 2 aromatic carbocycles. The number of fused-ring (bicyclic) bond motifs is 2. The fraction of sp³-hybridized carbons (Fsp3) is 0.0870. The molecule has 7 heteroatoms. The minimum atomic E-state index is -0.166. The lowest BCUT2D eigenvalue weighted by Crippen LogP contribution is -2.11. The summed E-state index contributed by atoms with van der Waals surface area (Å²) < 4.78 is 0.939. The van der Waals surface area contributed by atoms with E-state index in [-0.39, 0.29) is 5.91 Å². The number of hydrogen-bond acceptors (Lipinski definition) is 6. The van der Waals surface area contributed by atoms with Gasteiger partial charge in [-0.1, -0.05) is 29.4 Å². The molecule has 1 amide bonds. The molecule has 0 spiro atoms. The SMILES string of the molecule is O=C(Nc1ccccc1)c1sc2cnccc2c1Nc1ccc2c(c1)CCC2=NO. The maximum atomic E-state index is 13.1. The molecular weight excluding hydrogens is 396 g/mol. The van der Waals surface area contributed by atoms with E-state index in [0.29, 0.717) is 10.6 Å². The second-order valence-electron chi connectivity index (χ2n) is 7.04. The number of aryl methyl sites for hydroxylation is 1. The Bertz CT molecular complexity index is 1280. The Morgan fingerprint density at radius 2 is 1.93 bits per heavy atom. The van der Waals surface area contributed by atoms with Crippen LogP contribution >= 0.6 is 11.3 Å². The largest absolute Gasteiger partial charge is 0.411 e. The number of para-hydroxylation sites is 1. The predicted octanol–water partition coefficient (Wildman–Crippen LogP) is 5.42. The molecule has 0 saturated carbocycles. The van der Waals surface area contributed by atoms with Crippen molar-refractivity contribution in [2.24, 2.45) is 5.16 Å². The third-order valence-corrected chi connectivity index (χ3v) is 6.31. The third kappa shape index (κ3) is 3.29. The fourth-order valence-electron chi connectivity index (χ4n) is 3.74. The molecule has 1 aliphatic carbocycles. The van der Waals surface area contributed by atoms with Crippen LogP contribution in [0.25, 0.3) is 10.1 Å². The van der Waals surface area contributed by atoms with Crippen molar-refractivity contribution in [3.63, 3.8) is 0 Å². The Hall–Kier alpha value is -3.71. The summed E-state index contributed by atoms with van der Waals surface area (Å²) >= 11 is 1.41. The average molecular weight is 414 g/mol. The van der Waals surface area contributed by atoms with Gasteiger partial charge in [0.2, 0.25) is 0 Å². The molecule has 3 N–H and O–H groups in total. The van der Waals surface area contributed by atoms with Crippen molar-refractivity contribution in [1.29, 1.82) is 0 Å². The Morgan fingerprint density at radius 3 is 2.77 bits per heavy atom. The molecule has 148 valence electrons. The second-order valence-corrected chi connectivity index (χ2v) is 8.09. The van der Waals surface area contributed by atoms with Crippen LogP contribution in [0.15, 0.2) is 72.1 Å². The van der Waals surface area contributed by atoms with E-state index in [1.807, 2.05) is 48.5 Å². The quantitative estimate of drug-likeness (QED) is 0.308. The number of rotatable bonds is 4. The molecule has 0 saturated heterocycles. The minimum Gasteiger partial charge on any atom is -0.411 e. The van der Waals surface area contributed by atoms with Crippen LogP contribution in [0, 0.1) is 0 Å². The predicted molar refractivity (Wildman–Crippen MR) is 120 cm³/mol. The highest BCUT2D eigenvalue weighted by Crippen LogP contribution is 2.38. The van der Waals surface area contributed by atoms with E-state index in [1.54, 1.807) is 12.4 Å². The van der Waals surface area contributed by atoms with E-state index >= 15 is 0 Å². The van der Waals surface area contributed by atoms with Crippen molar-refractivity contribution in [2.75, 3.05) is 10.6 Å². The van der Waals surface area contributed by atoms with Crippen molar-refractivity contribution in [3.05, 3.63) is 83.0 Å². The number of pyridine rings is 1. The van der Waals surface area contributed by atoms with Gasteiger partial charge in [-0.2, -0.15) is 0 Å². The molecule has 4 aromatic rings. The van der Waals surface area contributed by atoms with Crippen LogP contribution in [0.2, 0.25) is 0 Å². The molecule has 5 rings (SSSR count). The van der Waals surface area contributed by atoms with E-state index in [4.69, 9.17) is 5.21 Å². The van der Waals surface area contributed by atoms with Crippen LogP contribution in [0.5, 0.6) is 0 Å². The Labute approximate surface area is 176 Å². The minimum absolute atomic E-state index is 0.166. The summed E-state index contributed by atoms with van der Waals surface area (Å²) in [6, 6.07) is 17.3. The van der Waals surface area contributed by atoms with Crippen molar-refractivity contribution in [3.8, 4) is 0 Å². The number of hydrogen-bond donors (Lipinski definition) is 3. The molecule has 0 aliphatic heterocycles. The first-order valence-corrected chi connectivity index (χ1v) is 10.4.